The van der Waals surface area contributed by atoms with Crippen LogP contribution in [0.2, 0.25) is 18.1 Å². The third-order valence-electron chi connectivity index (χ3n) is 4.57. The fourth-order valence-electron chi connectivity index (χ4n) is 2.08. The van der Waals surface area contributed by atoms with Gasteiger partial charge >= 0.3 is 0 Å². The summed E-state index contributed by atoms with van der Waals surface area (Å²) < 4.78 is 31.5. The first-order valence-corrected chi connectivity index (χ1v) is 13.3. The monoisotopic (exact) mass is 370 g/mol. The van der Waals surface area contributed by atoms with Crippen LogP contribution < -0.4 is 0 Å². The van der Waals surface area contributed by atoms with Crippen LogP contribution in [0.15, 0.2) is 47.1 Å². The van der Waals surface area contributed by atoms with Gasteiger partial charge in [-0.3, -0.25) is 0 Å². The normalized spacial score (nSPS) is 20.0. The van der Waals surface area contributed by atoms with Crippen molar-refractivity contribution in [3.8, 4) is 0 Å². The number of thioether (sulfide) groups is 1. The van der Waals surface area contributed by atoms with Crippen LogP contribution in [0, 0.1) is 0 Å². The molecule has 0 saturated heterocycles. The molecule has 1 aromatic rings. The van der Waals surface area contributed by atoms with Gasteiger partial charge in [0.25, 0.3) is 0 Å². The first kappa shape index (κ1) is 18.6. The Labute approximate surface area is 145 Å². The molecule has 128 valence electrons. The van der Waals surface area contributed by atoms with Crippen LogP contribution in [0.5, 0.6) is 0 Å². The predicted molar refractivity (Wildman–Crippen MR) is 101 cm³/mol. The van der Waals surface area contributed by atoms with Gasteiger partial charge in [0.15, 0.2) is 9.84 Å². The molecule has 1 aliphatic heterocycles. The van der Waals surface area contributed by atoms with E-state index in [4.69, 9.17) is 4.43 Å². The van der Waals surface area contributed by atoms with E-state index in [1.54, 1.807) is 24.3 Å². The van der Waals surface area contributed by atoms with Gasteiger partial charge in [-0.15, -0.1) is 11.8 Å². The smallest absolute Gasteiger partial charge is 0.250 e. The van der Waals surface area contributed by atoms with E-state index < -0.39 is 22.7 Å². The van der Waals surface area contributed by atoms with Crippen molar-refractivity contribution in [1.82, 2.24) is 0 Å². The molecule has 1 unspecified atom stereocenters. The van der Waals surface area contributed by atoms with Crippen LogP contribution in [0.1, 0.15) is 27.2 Å². The third kappa shape index (κ3) is 4.22. The molecule has 0 radical (unpaired) electrons. The summed E-state index contributed by atoms with van der Waals surface area (Å²) in [5.74, 6) is 1.53. The Hall–Kier alpha value is -0.723. The van der Waals surface area contributed by atoms with Crippen molar-refractivity contribution in [1.29, 1.82) is 0 Å². The summed E-state index contributed by atoms with van der Waals surface area (Å²) in [4.78, 5) is 0.395. The zero-order valence-electron chi connectivity index (χ0n) is 14.5. The number of benzene rings is 1. The lowest BCUT2D eigenvalue weighted by atomic mass is 10.2. The van der Waals surface area contributed by atoms with E-state index in [-0.39, 0.29) is 5.04 Å². The largest absolute Gasteiger partial charge is 0.547 e. The van der Waals surface area contributed by atoms with Gasteiger partial charge < -0.3 is 4.43 Å². The van der Waals surface area contributed by atoms with Crippen LogP contribution in [-0.2, 0) is 14.3 Å². The van der Waals surface area contributed by atoms with Gasteiger partial charge in [0.05, 0.1) is 10.7 Å². The Kier molecular flexibility index (Phi) is 5.38. The van der Waals surface area contributed by atoms with Crippen LogP contribution in [0.25, 0.3) is 0 Å². The van der Waals surface area contributed by atoms with Gasteiger partial charge in [-0.1, -0.05) is 39.0 Å². The second-order valence-electron chi connectivity index (χ2n) is 7.36. The Morgan fingerprint density at radius 2 is 1.78 bits per heavy atom. The maximum absolute atomic E-state index is 12.8. The molecule has 6 heteroatoms. The fourth-order valence-corrected chi connectivity index (χ4v) is 6.50. The second-order valence-corrected chi connectivity index (χ2v) is 15.7. The summed E-state index contributed by atoms with van der Waals surface area (Å²) in [6, 6.07) is 8.70. The third-order valence-corrected chi connectivity index (χ3v) is 12.8. The lowest BCUT2D eigenvalue weighted by Gasteiger charge is -2.38. The molecule has 1 aromatic carbocycles. The second kappa shape index (κ2) is 6.65. The highest BCUT2D eigenvalue weighted by molar-refractivity contribution is 8.13. The molecule has 0 aliphatic carbocycles. The number of hydrogen-bond donors (Lipinski definition) is 0. The van der Waals surface area contributed by atoms with Crippen molar-refractivity contribution in [3.63, 3.8) is 0 Å². The first-order valence-electron chi connectivity index (χ1n) is 7.83. The minimum Gasteiger partial charge on any atom is -0.547 e. The zero-order valence-corrected chi connectivity index (χ0v) is 17.1. The molecule has 0 spiro atoms. The maximum Gasteiger partial charge on any atom is 0.250 e. The first-order chi connectivity index (χ1) is 10.5. The summed E-state index contributed by atoms with van der Waals surface area (Å²) in [5.41, 5.74) is 0. The summed E-state index contributed by atoms with van der Waals surface area (Å²) in [7, 11) is -5.26. The molecule has 1 atom stereocenters. The Bertz CT molecular complexity index is 674. The topological polar surface area (TPSA) is 43.4 Å². The van der Waals surface area contributed by atoms with E-state index in [2.05, 4.69) is 33.9 Å². The lowest BCUT2D eigenvalue weighted by molar-refractivity contribution is 0.367. The molecule has 0 fully saturated rings. The molecule has 2 rings (SSSR count). The highest BCUT2D eigenvalue weighted by Crippen LogP contribution is 2.41. The van der Waals surface area contributed by atoms with Crippen molar-refractivity contribution in [2.75, 3.05) is 5.75 Å². The SMILES string of the molecule is CC(C)(C)[Si](C)(C)OC1=CCSC(S(=O)(=O)c2ccccc2)C1. The molecule has 3 nitrogen and oxygen atoms in total. The van der Waals surface area contributed by atoms with E-state index in [1.165, 1.54) is 11.8 Å². The summed E-state index contributed by atoms with van der Waals surface area (Å²) in [5, 5.41) is 0.103. The molecular formula is C17H26O3S2Si. The van der Waals surface area contributed by atoms with Gasteiger partial charge in [-0.05, 0) is 36.3 Å². The van der Waals surface area contributed by atoms with E-state index in [0.717, 1.165) is 5.76 Å². The van der Waals surface area contributed by atoms with Crippen LogP contribution >= 0.6 is 11.8 Å². The average molecular weight is 371 g/mol. The van der Waals surface area contributed by atoms with Crippen LogP contribution in [0.4, 0.5) is 0 Å². The van der Waals surface area contributed by atoms with Crippen molar-refractivity contribution in [2.24, 2.45) is 0 Å². The molecule has 0 saturated carbocycles. The highest BCUT2D eigenvalue weighted by atomic mass is 32.3. The Morgan fingerprint density at radius 1 is 1.17 bits per heavy atom. The van der Waals surface area contributed by atoms with E-state index in [1.807, 2.05) is 12.1 Å². The quantitative estimate of drug-likeness (QED) is 0.712. The van der Waals surface area contributed by atoms with Gasteiger partial charge in [0, 0.05) is 12.2 Å². The van der Waals surface area contributed by atoms with E-state index >= 15 is 0 Å². The van der Waals surface area contributed by atoms with Gasteiger partial charge in [-0.25, -0.2) is 8.42 Å². The fraction of sp³-hybridized carbons (Fsp3) is 0.529. The Balaban J connectivity index is 2.17. The van der Waals surface area contributed by atoms with Gasteiger partial charge in [0.2, 0.25) is 8.32 Å². The summed E-state index contributed by atoms with van der Waals surface area (Å²) >= 11 is 1.47. The average Bonchev–Trinajstić information content (AvgIpc) is 2.47. The molecule has 1 aliphatic rings. The molecule has 0 aromatic heterocycles. The van der Waals surface area contributed by atoms with Crippen LogP contribution in [0.3, 0.4) is 0 Å². The van der Waals surface area contributed by atoms with Crippen molar-refractivity contribution in [3.05, 3.63) is 42.2 Å². The standard InChI is InChI=1S/C17H26O3S2Si/c1-17(2,3)23(4,5)20-14-11-12-21-16(13-14)22(18,19)15-9-7-6-8-10-15/h6-11,16H,12-13H2,1-5H3. The summed E-state index contributed by atoms with van der Waals surface area (Å²) in [6.45, 7) is 11.0. The van der Waals surface area contributed by atoms with Crippen molar-refractivity contribution >= 4 is 29.9 Å². The maximum atomic E-state index is 12.8. The molecule has 23 heavy (non-hydrogen) atoms. The highest BCUT2D eigenvalue weighted by Gasteiger charge is 2.41. The molecular weight excluding hydrogens is 344 g/mol. The number of allylic oxidation sites excluding steroid dienone is 1. The summed E-state index contributed by atoms with van der Waals surface area (Å²) in [6.07, 6.45) is 2.50. The van der Waals surface area contributed by atoms with Gasteiger partial charge in [-0.2, -0.15) is 0 Å². The minimum absolute atomic E-state index is 0.103. The predicted octanol–water partition coefficient (Wildman–Crippen LogP) is 4.83. The van der Waals surface area contributed by atoms with E-state index in [0.29, 0.717) is 17.1 Å². The molecule has 1 heterocycles. The number of sulfone groups is 1. The van der Waals surface area contributed by atoms with Crippen molar-refractivity contribution in [2.45, 2.75) is 54.8 Å². The van der Waals surface area contributed by atoms with Gasteiger partial charge in [0.1, 0.15) is 4.58 Å². The zero-order chi connectivity index (χ0) is 17.3. The number of hydrogen-bond acceptors (Lipinski definition) is 4. The minimum atomic E-state index is -3.33. The van der Waals surface area contributed by atoms with Crippen LogP contribution in [-0.4, -0.2) is 27.1 Å². The van der Waals surface area contributed by atoms with Crippen molar-refractivity contribution < 1.29 is 12.8 Å². The molecule has 0 bridgehead atoms. The number of rotatable bonds is 4. The lowest BCUT2D eigenvalue weighted by Crippen LogP contribution is -2.41. The Morgan fingerprint density at radius 3 is 2.35 bits per heavy atom. The van der Waals surface area contributed by atoms with E-state index in [9.17, 15) is 8.42 Å². The molecule has 0 N–H and O–H groups in total. The molecule has 0 amide bonds.